The summed E-state index contributed by atoms with van der Waals surface area (Å²) in [5, 5.41) is 3.65. The first-order valence-corrected chi connectivity index (χ1v) is 6.11. The van der Waals surface area contributed by atoms with Gasteiger partial charge in [-0.3, -0.25) is 0 Å². The zero-order valence-electron chi connectivity index (χ0n) is 9.68. The number of piperidine rings is 1. The Kier molecular flexibility index (Phi) is 3.13. The minimum Gasteiger partial charge on any atom is -0.315 e. The number of rotatable bonds is 4. The number of likely N-dealkylation sites (N-methyl/N-ethyl adjacent to an activating group) is 1. The summed E-state index contributed by atoms with van der Waals surface area (Å²) in [5.41, 5.74) is 0.660. The molecule has 1 N–H and O–H groups in total. The molecule has 2 rings (SSSR count). The van der Waals surface area contributed by atoms with Crippen LogP contribution in [0.3, 0.4) is 0 Å². The molecule has 1 saturated heterocycles. The molecule has 14 heavy (non-hydrogen) atoms. The monoisotopic (exact) mass is 196 g/mol. The molecule has 82 valence electrons. The molecule has 1 unspecified atom stereocenters. The van der Waals surface area contributed by atoms with Crippen molar-refractivity contribution >= 4 is 0 Å². The minimum absolute atomic E-state index is 0.660. The van der Waals surface area contributed by atoms with E-state index in [2.05, 4.69) is 24.2 Å². The van der Waals surface area contributed by atoms with E-state index in [1.165, 1.54) is 51.7 Å². The van der Waals surface area contributed by atoms with Crippen LogP contribution in [0.4, 0.5) is 0 Å². The minimum atomic E-state index is 0.660. The molecule has 1 saturated carbocycles. The highest BCUT2D eigenvalue weighted by Crippen LogP contribution is 2.44. The highest BCUT2D eigenvalue weighted by atomic mass is 15.2. The molecule has 1 atom stereocenters. The lowest BCUT2D eigenvalue weighted by Crippen LogP contribution is -2.44. The van der Waals surface area contributed by atoms with Crippen molar-refractivity contribution in [2.75, 3.05) is 26.7 Å². The smallest absolute Gasteiger partial charge is 0.0217 e. The molecule has 0 aromatic rings. The molecule has 0 bridgehead atoms. The Morgan fingerprint density at radius 2 is 2.14 bits per heavy atom. The SMILES string of the molecule is CN1CCCCC1CNCC1(C)CC1. The fraction of sp³-hybridized carbons (Fsp3) is 1.00. The van der Waals surface area contributed by atoms with Gasteiger partial charge in [-0.25, -0.2) is 0 Å². The zero-order chi connectivity index (χ0) is 10.0. The lowest BCUT2D eigenvalue weighted by molar-refractivity contribution is 0.180. The van der Waals surface area contributed by atoms with Gasteiger partial charge in [0.05, 0.1) is 0 Å². The molecular formula is C12H24N2. The average molecular weight is 196 g/mol. The highest BCUT2D eigenvalue weighted by molar-refractivity contribution is 4.91. The first kappa shape index (κ1) is 10.4. The maximum absolute atomic E-state index is 3.65. The Morgan fingerprint density at radius 1 is 1.36 bits per heavy atom. The van der Waals surface area contributed by atoms with Crippen molar-refractivity contribution in [2.24, 2.45) is 5.41 Å². The summed E-state index contributed by atoms with van der Waals surface area (Å²) >= 11 is 0. The Morgan fingerprint density at radius 3 is 2.79 bits per heavy atom. The third-order valence-electron chi connectivity index (χ3n) is 3.96. The van der Waals surface area contributed by atoms with E-state index in [9.17, 15) is 0 Å². The number of hydrogen-bond donors (Lipinski definition) is 1. The zero-order valence-corrected chi connectivity index (χ0v) is 9.68. The van der Waals surface area contributed by atoms with Crippen LogP contribution in [-0.2, 0) is 0 Å². The lowest BCUT2D eigenvalue weighted by atomic mass is 10.0. The number of likely N-dealkylation sites (tertiary alicyclic amines) is 1. The van der Waals surface area contributed by atoms with Gasteiger partial charge in [0.15, 0.2) is 0 Å². The van der Waals surface area contributed by atoms with Gasteiger partial charge in [-0.15, -0.1) is 0 Å². The van der Waals surface area contributed by atoms with E-state index in [0.29, 0.717) is 5.41 Å². The van der Waals surface area contributed by atoms with Crippen LogP contribution in [-0.4, -0.2) is 37.6 Å². The van der Waals surface area contributed by atoms with E-state index in [4.69, 9.17) is 0 Å². The van der Waals surface area contributed by atoms with Crippen LogP contribution in [0.5, 0.6) is 0 Å². The molecule has 0 amide bonds. The normalized spacial score (nSPS) is 31.7. The summed E-state index contributed by atoms with van der Waals surface area (Å²) in [7, 11) is 2.27. The Balaban J connectivity index is 1.63. The molecular weight excluding hydrogens is 172 g/mol. The van der Waals surface area contributed by atoms with Crippen molar-refractivity contribution < 1.29 is 0 Å². The summed E-state index contributed by atoms with van der Waals surface area (Å²) in [6.45, 7) is 6.12. The number of nitrogens with one attached hydrogen (secondary N) is 1. The first-order chi connectivity index (χ1) is 6.70. The van der Waals surface area contributed by atoms with Crippen molar-refractivity contribution in [3.8, 4) is 0 Å². The van der Waals surface area contributed by atoms with Crippen molar-refractivity contribution in [2.45, 2.75) is 45.1 Å². The van der Waals surface area contributed by atoms with E-state index in [1.807, 2.05) is 0 Å². The molecule has 0 aromatic heterocycles. The molecule has 0 radical (unpaired) electrons. The second-order valence-corrected chi connectivity index (χ2v) is 5.57. The third kappa shape index (κ3) is 2.71. The van der Waals surface area contributed by atoms with E-state index in [0.717, 1.165) is 6.04 Å². The molecule has 2 fully saturated rings. The van der Waals surface area contributed by atoms with E-state index in [1.54, 1.807) is 0 Å². The lowest BCUT2D eigenvalue weighted by Gasteiger charge is -2.32. The van der Waals surface area contributed by atoms with E-state index < -0.39 is 0 Å². The van der Waals surface area contributed by atoms with Gasteiger partial charge in [0.25, 0.3) is 0 Å². The third-order valence-corrected chi connectivity index (χ3v) is 3.96. The van der Waals surface area contributed by atoms with Gasteiger partial charge in [0.1, 0.15) is 0 Å². The molecule has 2 heteroatoms. The van der Waals surface area contributed by atoms with Gasteiger partial charge in [0.2, 0.25) is 0 Å². The van der Waals surface area contributed by atoms with E-state index in [-0.39, 0.29) is 0 Å². The summed E-state index contributed by atoms with van der Waals surface area (Å²) in [6, 6.07) is 0.797. The molecule has 0 aromatic carbocycles. The number of nitrogens with zero attached hydrogens (tertiary/aromatic N) is 1. The van der Waals surface area contributed by atoms with Crippen LogP contribution in [0.2, 0.25) is 0 Å². The van der Waals surface area contributed by atoms with Crippen molar-refractivity contribution in [3.63, 3.8) is 0 Å². The fourth-order valence-corrected chi connectivity index (χ4v) is 2.33. The summed E-state index contributed by atoms with van der Waals surface area (Å²) in [5.74, 6) is 0. The maximum Gasteiger partial charge on any atom is 0.0217 e. The van der Waals surface area contributed by atoms with Crippen LogP contribution in [0.15, 0.2) is 0 Å². The van der Waals surface area contributed by atoms with Gasteiger partial charge < -0.3 is 10.2 Å². The summed E-state index contributed by atoms with van der Waals surface area (Å²) in [6.07, 6.45) is 7.07. The predicted octanol–water partition coefficient (Wildman–Crippen LogP) is 1.86. The molecule has 1 aliphatic heterocycles. The van der Waals surface area contributed by atoms with Gasteiger partial charge in [-0.2, -0.15) is 0 Å². The van der Waals surface area contributed by atoms with Crippen LogP contribution in [0, 0.1) is 5.41 Å². The van der Waals surface area contributed by atoms with Crippen molar-refractivity contribution in [3.05, 3.63) is 0 Å². The largest absolute Gasteiger partial charge is 0.315 e. The standard InChI is InChI=1S/C12H24N2/c1-12(6-7-12)10-13-9-11-5-3-4-8-14(11)2/h11,13H,3-10H2,1-2H3. The molecule has 1 aliphatic carbocycles. The Bertz CT molecular complexity index is 187. The predicted molar refractivity (Wildman–Crippen MR) is 60.5 cm³/mol. The topological polar surface area (TPSA) is 15.3 Å². The van der Waals surface area contributed by atoms with Crippen molar-refractivity contribution in [1.29, 1.82) is 0 Å². The van der Waals surface area contributed by atoms with Crippen LogP contribution in [0.25, 0.3) is 0 Å². The van der Waals surface area contributed by atoms with Crippen LogP contribution in [0.1, 0.15) is 39.0 Å². The average Bonchev–Trinajstić information content (AvgIpc) is 2.88. The second kappa shape index (κ2) is 4.19. The summed E-state index contributed by atoms with van der Waals surface area (Å²) in [4.78, 5) is 2.52. The van der Waals surface area contributed by atoms with Crippen LogP contribution < -0.4 is 5.32 Å². The van der Waals surface area contributed by atoms with Gasteiger partial charge in [-0.1, -0.05) is 13.3 Å². The quantitative estimate of drug-likeness (QED) is 0.738. The highest BCUT2D eigenvalue weighted by Gasteiger charge is 2.36. The van der Waals surface area contributed by atoms with Gasteiger partial charge in [-0.05, 0) is 44.7 Å². The molecule has 2 nitrogen and oxygen atoms in total. The molecule has 0 spiro atoms. The fourth-order valence-electron chi connectivity index (χ4n) is 2.33. The number of hydrogen-bond acceptors (Lipinski definition) is 2. The second-order valence-electron chi connectivity index (χ2n) is 5.57. The Hall–Kier alpha value is -0.0800. The maximum atomic E-state index is 3.65. The molecule has 2 aliphatic rings. The van der Waals surface area contributed by atoms with E-state index >= 15 is 0 Å². The first-order valence-electron chi connectivity index (χ1n) is 6.11. The van der Waals surface area contributed by atoms with Crippen molar-refractivity contribution in [1.82, 2.24) is 10.2 Å². The summed E-state index contributed by atoms with van der Waals surface area (Å²) < 4.78 is 0. The van der Waals surface area contributed by atoms with Gasteiger partial charge >= 0.3 is 0 Å². The molecule has 1 heterocycles. The van der Waals surface area contributed by atoms with Crippen LogP contribution >= 0.6 is 0 Å². The van der Waals surface area contributed by atoms with Gasteiger partial charge in [0, 0.05) is 19.1 Å². The Labute approximate surface area is 88.1 Å².